The van der Waals surface area contributed by atoms with Gasteiger partial charge in [-0.25, -0.2) is 0 Å². The van der Waals surface area contributed by atoms with Crippen molar-refractivity contribution in [3.63, 3.8) is 0 Å². The van der Waals surface area contributed by atoms with E-state index in [0.717, 1.165) is 15.8 Å². The lowest BCUT2D eigenvalue weighted by Gasteiger charge is -2.18. The molecule has 102 valence electrons. The summed E-state index contributed by atoms with van der Waals surface area (Å²) < 4.78 is 6.15. The van der Waals surface area contributed by atoms with Gasteiger partial charge in [0, 0.05) is 12.2 Å². The lowest BCUT2D eigenvalue weighted by atomic mass is 10.1. The molecule has 0 spiro atoms. The third kappa shape index (κ3) is 3.30. The molecule has 2 heterocycles. The van der Waals surface area contributed by atoms with Crippen molar-refractivity contribution in [3.8, 4) is 0 Å². The summed E-state index contributed by atoms with van der Waals surface area (Å²) in [5.41, 5.74) is 2.09. The SMILES string of the molecule is CCOC(=O)C(C)NC(C)c1cnc2ccsc2c1. The highest BCUT2D eigenvalue weighted by molar-refractivity contribution is 7.17. The zero-order valence-corrected chi connectivity index (χ0v) is 12.2. The largest absolute Gasteiger partial charge is 0.465 e. The number of nitrogens with zero attached hydrogens (tertiary/aromatic N) is 1. The van der Waals surface area contributed by atoms with Crippen LogP contribution in [0.3, 0.4) is 0 Å². The summed E-state index contributed by atoms with van der Waals surface area (Å²) in [6.45, 7) is 6.04. The van der Waals surface area contributed by atoms with E-state index in [1.54, 1.807) is 11.3 Å². The number of pyridine rings is 1. The molecule has 2 aromatic heterocycles. The van der Waals surface area contributed by atoms with E-state index < -0.39 is 0 Å². The van der Waals surface area contributed by atoms with E-state index in [1.807, 2.05) is 38.4 Å². The molecule has 2 atom stereocenters. The van der Waals surface area contributed by atoms with E-state index in [1.165, 1.54) is 0 Å². The maximum Gasteiger partial charge on any atom is 0.322 e. The summed E-state index contributed by atoms with van der Waals surface area (Å²) in [6, 6.07) is 3.85. The van der Waals surface area contributed by atoms with E-state index in [9.17, 15) is 4.79 Å². The summed E-state index contributed by atoms with van der Waals surface area (Å²) in [7, 11) is 0. The zero-order chi connectivity index (χ0) is 13.8. The highest BCUT2D eigenvalue weighted by atomic mass is 32.1. The molecular formula is C14H18N2O2S. The third-order valence-corrected chi connectivity index (χ3v) is 3.82. The van der Waals surface area contributed by atoms with Crippen LogP contribution in [0.2, 0.25) is 0 Å². The summed E-state index contributed by atoms with van der Waals surface area (Å²) in [5, 5.41) is 5.26. The fourth-order valence-electron chi connectivity index (χ4n) is 1.90. The van der Waals surface area contributed by atoms with Gasteiger partial charge in [-0.15, -0.1) is 11.3 Å². The van der Waals surface area contributed by atoms with Crippen LogP contribution in [0, 0.1) is 0 Å². The fraction of sp³-hybridized carbons (Fsp3) is 0.429. The minimum Gasteiger partial charge on any atom is -0.465 e. The lowest BCUT2D eigenvalue weighted by Crippen LogP contribution is -2.37. The monoisotopic (exact) mass is 278 g/mol. The van der Waals surface area contributed by atoms with Gasteiger partial charge in [0.1, 0.15) is 6.04 Å². The normalized spacial score (nSPS) is 14.3. The van der Waals surface area contributed by atoms with Gasteiger partial charge >= 0.3 is 5.97 Å². The average Bonchev–Trinajstić information content (AvgIpc) is 2.85. The summed E-state index contributed by atoms with van der Waals surface area (Å²) in [6.07, 6.45) is 1.85. The minimum atomic E-state index is -0.325. The van der Waals surface area contributed by atoms with Gasteiger partial charge in [0.15, 0.2) is 0 Å². The minimum absolute atomic E-state index is 0.0541. The Labute approximate surface area is 116 Å². The number of nitrogens with one attached hydrogen (secondary N) is 1. The molecule has 0 bridgehead atoms. The first-order valence-corrected chi connectivity index (χ1v) is 7.25. The summed E-state index contributed by atoms with van der Waals surface area (Å²) in [5.74, 6) is -0.223. The first-order chi connectivity index (χ1) is 9.11. The Hall–Kier alpha value is -1.46. The summed E-state index contributed by atoms with van der Waals surface area (Å²) in [4.78, 5) is 16.0. The van der Waals surface area contributed by atoms with Crippen LogP contribution in [0.25, 0.3) is 10.2 Å². The first-order valence-electron chi connectivity index (χ1n) is 6.37. The second kappa shape index (κ2) is 6.12. The van der Waals surface area contributed by atoms with Crippen molar-refractivity contribution < 1.29 is 9.53 Å². The van der Waals surface area contributed by atoms with Crippen LogP contribution in [0.4, 0.5) is 0 Å². The van der Waals surface area contributed by atoms with Crippen molar-refractivity contribution in [1.29, 1.82) is 0 Å². The predicted octanol–water partition coefficient (Wildman–Crippen LogP) is 2.90. The number of hydrogen-bond acceptors (Lipinski definition) is 5. The lowest BCUT2D eigenvalue weighted by molar-refractivity contribution is -0.145. The van der Waals surface area contributed by atoms with Gasteiger partial charge in [-0.1, -0.05) is 0 Å². The number of esters is 1. The number of ether oxygens (including phenoxy) is 1. The molecule has 0 saturated heterocycles. The molecule has 1 N–H and O–H groups in total. The standard InChI is InChI=1S/C14H18N2O2S/c1-4-18-14(17)10(3)16-9(2)11-7-13-12(15-8-11)5-6-19-13/h5-10,16H,4H2,1-3H3. The van der Waals surface area contributed by atoms with Gasteiger partial charge in [0.2, 0.25) is 0 Å². The Morgan fingerprint density at radius 3 is 3.05 bits per heavy atom. The molecule has 0 radical (unpaired) electrons. The average molecular weight is 278 g/mol. The van der Waals surface area contributed by atoms with Crippen molar-refractivity contribution in [2.45, 2.75) is 32.9 Å². The number of hydrogen-bond donors (Lipinski definition) is 1. The highest BCUT2D eigenvalue weighted by Gasteiger charge is 2.17. The Morgan fingerprint density at radius 1 is 1.53 bits per heavy atom. The first kappa shape index (κ1) is 14.0. The maximum absolute atomic E-state index is 11.6. The number of aromatic nitrogens is 1. The second-order valence-corrected chi connectivity index (χ2v) is 5.38. The van der Waals surface area contributed by atoms with Crippen molar-refractivity contribution in [2.75, 3.05) is 6.61 Å². The van der Waals surface area contributed by atoms with Crippen LogP contribution in [0.1, 0.15) is 32.4 Å². The van der Waals surface area contributed by atoms with E-state index in [2.05, 4.69) is 16.4 Å². The van der Waals surface area contributed by atoms with Crippen molar-refractivity contribution in [3.05, 3.63) is 29.3 Å². The van der Waals surface area contributed by atoms with Crippen molar-refractivity contribution >= 4 is 27.5 Å². The number of rotatable bonds is 5. The van der Waals surface area contributed by atoms with Crippen molar-refractivity contribution in [1.82, 2.24) is 10.3 Å². The summed E-state index contributed by atoms with van der Waals surface area (Å²) >= 11 is 1.67. The molecule has 2 unspecified atom stereocenters. The Kier molecular flexibility index (Phi) is 4.50. The van der Waals surface area contributed by atoms with Gasteiger partial charge < -0.3 is 4.74 Å². The molecular weight excluding hydrogens is 260 g/mol. The van der Waals surface area contributed by atoms with Crippen LogP contribution < -0.4 is 5.32 Å². The molecule has 19 heavy (non-hydrogen) atoms. The fourth-order valence-corrected chi connectivity index (χ4v) is 2.69. The Balaban J connectivity index is 2.06. The Bertz CT molecular complexity index is 567. The van der Waals surface area contributed by atoms with Gasteiger partial charge in [-0.05, 0) is 43.8 Å². The number of fused-ring (bicyclic) bond motifs is 1. The molecule has 2 aromatic rings. The highest BCUT2D eigenvalue weighted by Crippen LogP contribution is 2.22. The quantitative estimate of drug-likeness (QED) is 0.854. The van der Waals surface area contributed by atoms with Crippen LogP contribution in [-0.2, 0) is 9.53 Å². The van der Waals surface area contributed by atoms with Crippen LogP contribution in [0.15, 0.2) is 23.7 Å². The van der Waals surface area contributed by atoms with Crippen LogP contribution in [0.5, 0.6) is 0 Å². The van der Waals surface area contributed by atoms with E-state index in [4.69, 9.17) is 4.74 Å². The molecule has 0 aliphatic heterocycles. The number of carbonyl (C=O) groups excluding carboxylic acids is 1. The molecule has 4 nitrogen and oxygen atoms in total. The number of carbonyl (C=O) groups is 1. The van der Waals surface area contributed by atoms with E-state index >= 15 is 0 Å². The zero-order valence-electron chi connectivity index (χ0n) is 11.3. The van der Waals surface area contributed by atoms with E-state index in [-0.39, 0.29) is 18.1 Å². The molecule has 2 rings (SSSR count). The van der Waals surface area contributed by atoms with Gasteiger partial charge in [0.25, 0.3) is 0 Å². The number of thiophene rings is 1. The van der Waals surface area contributed by atoms with Gasteiger partial charge in [-0.2, -0.15) is 0 Å². The van der Waals surface area contributed by atoms with Crippen LogP contribution in [-0.4, -0.2) is 23.6 Å². The smallest absolute Gasteiger partial charge is 0.322 e. The molecule has 0 aliphatic rings. The molecule has 0 aromatic carbocycles. The van der Waals surface area contributed by atoms with E-state index in [0.29, 0.717) is 6.61 Å². The maximum atomic E-state index is 11.6. The second-order valence-electron chi connectivity index (χ2n) is 4.43. The topological polar surface area (TPSA) is 51.2 Å². The van der Waals surface area contributed by atoms with Gasteiger partial charge in [0.05, 0.1) is 16.8 Å². The van der Waals surface area contributed by atoms with Crippen LogP contribution >= 0.6 is 11.3 Å². The van der Waals surface area contributed by atoms with Crippen molar-refractivity contribution in [2.24, 2.45) is 0 Å². The third-order valence-electron chi connectivity index (χ3n) is 2.96. The molecule has 0 aliphatic carbocycles. The predicted molar refractivity (Wildman–Crippen MR) is 77.3 cm³/mol. The molecule has 0 fully saturated rings. The molecule has 5 heteroatoms. The van der Waals surface area contributed by atoms with Gasteiger partial charge in [-0.3, -0.25) is 15.1 Å². The Morgan fingerprint density at radius 2 is 2.32 bits per heavy atom. The molecule has 0 amide bonds. The molecule has 0 saturated carbocycles.